The van der Waals surface area contributed by atoms with E-state index in [-0.39, 0.29) is 23.0 Å². The molecule has 0 heterocycles. The zero-order chi connectivity index (χ0) is 32.9. The summed E-state index contributed by atoms with van der Waals surface area (Å²) in [6.45, 7) is 17.7. The summed E-state index contributed by atoms with van der Waals surface area (Å²) in [6.07, 6.45) is 0. The van der Waals surface area contributed by atoms with E-state index in [4.69, 9.17) is 0 Å². The van der Waals surface area contributed by atoms with Crippen LogP contribution in [-0.4, -0.2) is 20.4 Å². The Morgan fingerprint density at radius 3 is 0.844 bits per heavy atom. The predicted molar refractivity (Wildman–Crippen MR) is 183 cm³/mol. The number of aromatic hydroxyl groups is 4. The van der Waals surface area contributed by atoms with Gasteiger partial charge in [0.15, 0.2) is 0 Å². The molecular formula is C41H44O4. The van der Waals surface area contributed by atoms with Crippen LogP contribution in [0.5, 0.6) is 23.0 Å². The minimum absolute atomic E-state index is 0.199. The Morgan fingerprint density at radius 1 is 0.356 bits per heavy atom. The molecule has 0 spiro atoms. The Hall–Kier alpha value is -4.70. The van der Waals surface area contributed by atoms with Crippen molar-refractivity contribution in [1.82, 2.24) is 0 Å². The molecule has 232 valence electrons. The fraction of sp³-hybridized carbons (Fsp3) is 0.268. The van der Waals surface area contributed by atoms with Gasteiger partial charge in [0.05, 0.1) is 0 Å². The molecule has 5 aromatic rings. The predicted octanol–water partition coefficient (Wildman–Crippen LogP) is 9.65. The minimum Gasteiger partial charge on any atom is -0.507 e. The van der Waals surface area contributed by atoms with Crippen molar-refractivity contribution in [1.29, 1.82) is 0 Å². The molecule has 45 heavy (non-hydrogen) atoms. The molecule has 0 saturated carbocycles. The molecule has 4 nitrogen and oxygen atoms in total. The first-order valence-corrected chi connectivity index (χ1v) is 15.5. The molecule has 0 aliphatic carbocycles. The molecule has 0 radical (unpaired) electrons. The molecule has 0 amide bonds. The van der Waals surface area contributed by atoms with E-state index in [1.165, 1.54) is 0 Å². The molecular weight excluding hydrogens is 556 g/mol. The molecule has 0 aliphatic heterocycles. The summed E-state index contributed by atoms with van der Waals surface area (Å²) in [5.41, 5.74) is 12.8. The van der Waals surface area contributed by atoms with Gasteiger partial charge in [-0.15, -0.1) is 0 Å². The van der Waals surface area contributed by atoms with Crippen molar-refractivity contribution < 1.29 is 20.4 Å². The van der Waals surface area contributed by atoms with Crippen molar-refractivity contribution in [2.45, 2.75) is 74.1 Å². The van der Waals surface area contributed by atoms with E-state index in [0.29, 0.717) is 22.3 Å². The average molecular weight is 601 g/mol. The molecule has 0 aliphatic rings. The first kappa shape index (κ1) is 31.7. The maximum atomic E-state index is 11.5. The smallest absolute Gasteiger partial charge is 0.122 e. The molecule has 0 fully saturated rings. The van der Waals surface area contributed by atoms with Gasteiger partial charge in [0.1, 0.15) is 23.0 Å². The Balaban J connectivity index is 1.89. The molecule has 5 rings (SSSR count). The van der Waals surface area contributed by atoms with Gasteiger partial charge in [-0.1, -0.05) is 89.0 Å². The standard InChI is InChI=1S/C41H44O4/c1-21-13-25(5)38(42)32(17-21)36(33-18-22(2)14-26(6)39(33)43)30-11-10-12-31(29(30)9)37(34-19-23(3)15-27(7)40(34)44)35-20-24(4)16-28(8)41(35)45/h10-20,36-37,42-45H,1-9H3. The van der Waals surface area contributed by atoms with Gasteiger partial charge in [0.25, 0.3) is 0 Å². The van der Waals surface area contributed by atoms with Crippen LogP contribution in [0.3, 0.4) is 0 Å². The van der Waals surface area contributed by atoms with Crippen LogP contribution in [0, 0.1) is 62.3 Å². The summed E-state index contributed by atoms with van der Waals surface area (Å²) in [7, 11) is 0. The van der Waals surface area contributed by atoms with Crippen molar-refractivity contribution in [3.63, 3.8) is 0 Å². The summed E-state index contributed by atoms with van der Waals surface area (Å²) in [4.78, 5) is 0. The van der Waals surface area contributed by atoms with E-state index in [1.54, 1.807) is 0 Å². The number of hydrogen-bond acceptors (Lipinski definition) is 4. The number of benzene rings is 5. The monoisotopic (exact) mass is 600 g/mol. The Kier molecular flexibility index (Phi) is 8.46. The molecule has 4 heteroatoms. The van der Waals surface area contributed by atoms with Crippen molar-refractivity contribution in [3.8, 4) is 23.0 Å². The van der Waals surface area contributed by atoms with Crippen LogP contribution in [0.25, 0.3) is 0 Å². The second-order valence-corrected chi connectivity index (χ2v) is 13.0. The highest BCUT2D eigenvalue weighted by Gasteiger charge is 2.31. The normalized spacial score (nSPS) is 11.5. The Labute approximate surface area is 267 Å². The minimum atomic E-state index is -0.483. The lowest BCUT2D eigenvalue weighted by Crippen LogP contribution is -2.13. The van der Waals surface area contributed by atoms with Crippen LogP contribution in [0.2, 0.25) is 0 Å². The van der Waals surface area contributed by atoms with Crippen LogP contribution in [0.15, 0.2) is 66.7 Å². The van der Waals surface area contributed by atoms with Gasteiger partial charge < -0.3 is 20.4 Å². The van der Waals surface area contributed by atoms with E-state index in [2.05, 4.69) is 19.1 Å². The Morgan fingerprint density at radius 2 is 0.600 bits per heavy atom. The molecule has 5 aromatic carbocycles. The molecule has 0 unspecified atom stereocenters. The van der Waals surface area contributed by atoms with E-state index >= 15 is 0 Å². The van der Waals surface area contributed by atoms with Crippen LogP contribution in [0.4, 0.5) is 0 Å². The third-order valence-corrected chi connectivity index (χ3v) is 9.18. The maximum Gasteiger partial charge on any atom is 0.122 e. The lowest BCUT2D eigenvalue weighted by molar-refractivity contribution is 0.454. The Bertz CT molecular complexity index is 1700. The zero-order valence-electron chi connectivity index (χ0n) is 27.8. The third-order valence-electron chi connectivity index (χ3n) is 9.18. The quantitative estimate of drug-likeness (QED) is 0.146. The van der Waals surface area contributed by atoms with E-state index in [1.807, 2.05) is 110 Å². The summed E-state index contributed by atoms with van der Waals surface area (Å²) in [5, 5.41) is 46.1. The molecule has 4 N–H and O–H groups in total. The number of rotatable bonds is 6. The highest BCUT2D eigenvalue weighted by atomic mass is 16.3. The summed E-state index contributed by atoms with van der Waals surface area (Å²) < 4.78 is 0. The van der Waals surface area contributed by atoms with E-state index in [9.17, 15) is 20.4 Å². The summed E-state index contributed by atoms with van der Waals surface area (Å²) in [6, 6.07) is 21.9. The van der Waals surface area contributed by atoms with Gasteiger partial charge in [0, 0.05) is 34.1 Å². The number of aryl methyl sites for hydroxylation is 8. The summed E-state index contributed by atoms with van der Waals surface area (Å²) in [5.74, 6) is -0.172. The lowest BCUT2D eigenvalue weighted by Gasteiger charge is -2.29. The molecule has 0 atom stereocenters. The van der Waals surface area contributed by atoms with Crippen molar-refractivity contribution in [2.75, 3.05) is 0 Å². The van der Waals surface area contributed by atoms with Crippen molar-refractivity contribution in [2.24, 2.45) is 0 Å². The van der Waals surface area contributed by atoms with Gasteiger partial charge in [-0.2, -0.15) is 0 Å². The van der Waals surface area contributed by atoms with Crippen LogP contribution in [-0.2, 0) is 0 Å². The summed E-state index contributed by atoms with van der Waals surface area (Å²) >= 11 is 0. The van der Waals surface area contributed by atoms with Gasteiger partial charge in [-0.25, -0.2) is 0 Å². The van der Waals surface area contributed by atoms with Gasteiger partial charge >= 0.3 is 0 Å². The number of phenols is 4. The first-order chi connectivity index (χ1) is 21.2. The molecule has 0 bridgehead atoms. The number of hydrogen-bond donors (Lipinski definition) is 4. The van der Waals surface area contributed by atoms with Crippen LogP contribution in [0.1, 0.15) is 95.3 Å². The van der Waals surface area contributed by atoms with Gasteiger partial charge in [-0.05, 0) is 101 Å². The van der Waals surface area contributed by atoms with Crippen LogP contribution >= 0.6 is 0 Å². The zero-order valence-corrected chi connectivity index (χ0v) is 27.8. The van der Waals surface area contributed by atoms with Crippen molar-refractivity contribution in [3.05, 3.63) is 150 Å². The highest BCUT2D eigenvalue weighted by Crippen LogP contribution is 2.48. The SMILES string of the molecule is Cc1cc(C)c(O)c(C(c2cccc(C(c3cc(C)cc(C)c3O)c3cc(C)cc(C)c3O)c2C)c2cc(C)cc(C)c2O)c1. The van der Waals surface area contributed by atoms with Crippen LogP contribution < -0.4 is 0 Å². The third kappa shape index (κ3) is 5.78. The van der Waals surface area contributed by atoms with Crippen molar-refractivity contribution >= 4 is 0 Å². The first-order valence-electron chi connectivity index (χ1n) is 15.5. The second-order valence-electron chi connectivity index (χ2n) is 13.0. The fourth-order valence-corrected chi connectivity index (χ4v) is 7.15. The number of phenolic OH excluding ortho intramolecular Hbond substituents is 4. The van der Waals surface area contributed by atoms with E-state index in [0.717, 1.165) is 61.2 Å². The lowest BCUT2D eigenvalue weighted by atomic mass is 9.75. The maximum absolute atomic E-state index is 11.5. The average Bonchev–Trinajstić information content (AvgIpc) is 2.96. The molecule has 0 saturated heterocycles. The highest BCUT2D eigenvalue weighted by molar-refractivity contribution is 5.63. The van der Waals surface area contributed by atoms with Gasteiger partial charge in [-0.3, -0.25) is 0 Å². The van der Waals surface area contributed by atoms with E-state index < -0.39 is 11.8 Å². The molecule has 0 aromatic heterocycles. The van der Waals surface area contributed by atoms with Gasteiger partial charge in [0.2, 0.25) is 0 Å². The fourth-order valence-electron chi connectivity index (χ4n) is 7.15. The second kappa shape index (κ2) is 12.0. The largest absolute Gasteiger partial charge is 0.507 e. The topological polar surface area (TPSA) is 80.9 Å².